The van der Waals surface area contributed by atoms with Crippen LogP contribution in [0.15, 0.2) is 78.4 Å². The standard InChI is InChI=1S/C24H14ClFN2O3S/c25-15-9-5-14(6-10-15)21(29)19-20(13-7-11-16(26)12-8-13)28(23(31)22(19)30)24-27-17-3-1-2-4-18(17)32-24/h1-12,20,29H/t20-/m1/s1. The van der Waals surface area contributed by atoms with Crippen LogP contribution < -0.4 is 4.90 Å². The third kappa shape index (κ3) is 3.36. The van der Waals surface area contributed by atoms with Crippen molar-refractivity contribution in [2.75, 3.05) is 4.90 Å². The predicted molar refractivity (Wildman–Crippen MR) is 122 cm³/mol. The van der Waals surface area contributed by atoms with E-state index in [1.54, 1.807) is 24.3 Å². The summed E-state index contributed by atoms with van der Waals surface area (Å²) >= 11 is 7.20. The van der Waals surface area contributed by atoms with Crippen molar-refractivity contribution in [1.82, 2.24) is 4.98 Å². The second-order valence-electron chi connectivity index (χ2n) is 7.19. The maximum absolute atomic E-state index is 13.6. The number of halogens is 2. The van der Waals surface area contributed by atoms with Crippen LogP contribution in [-0.4, -0.2) is 21.8 Å². The van der Waals surface area contributed by atoms with E-state index < -0.39 is 23.5 Å². The van der Waals surface area contributed by atoms with E-state index in [1.807, 2.05) is 24.3 Å². The highest BCUT2D eigenvalue weighted by molar-refractivity contribution is 7.22. The van der Waals surface area contributed by atoms with Gasteiger partial charge in [-0.15, -0.1) is 0 Å². The minimum absolute atomic E-state index is 0.0943. The summed E-state index contributed by atoms with van der Waals surface area (Å²) in [4.78, 5) is 32.0. The Bertz CT molecular complexity index is 1360. The highest BCUT2D eigenvalue weighted by Gasteiger charge is 2.48. The van der Waals surface area contributed by atoms with Crippen LogP contribution in [0.1, 0.15) is 17.2 Å². The zero-order chi connectivity index (χ0) is 22.4. The summed E-state index contributed by atoms with van der Waals surface area (Å²) < 4.78 is 14.5. The number of thiazole rings is 1. The van der Waals surface area contributed by atoms with Crippen LogP contribution in [-0.2, 0) is 9.59 Å². The van der Waals surface area contributed by atoms with Crippen LogP contribution >= 0.6 is 22.9 Å². The molecule has 32 heavy (non-hydrogen) atoms. The summed E-state index contributed by atoms with van der Waals surface area (Å²) in [6.45, 7) is 0. The number of aliphatic hydroxyl groups excluding tert-OH is 1. The van der Waals surface area contributed by atoms with Crippen LogP contribution in [0, 0.1) is 5.82 Å². The molecule has 0 bridgehead atoms. The molecule has 0 saturated carbocycles. The number of rotatable bonds is 3. The third-order valence-electron chi connectivity index (χ3n) is 5.24. The molecule has 1 aromatic heterocycles. The van der Waals surface area contributed by atoms with Crippen molar-refractivity contribution in [1.29, 1.82) is 0 Å². The molecule has 0 spiro atoms. The number of para-hydroxylation sites is 1. The Morgan fingerprint density at radius 1 is 1.00 bits per heavy atom. The average molecular weight is 465 g/mol. The number of carbonyl (C=O) groups is 2. The highest BCUT2D eigenvalue weighted by atomic mass is 35.5. The molecule has 3 aromatic carbocycles. The molecular formula is C24H14ClFN2O3S. The molecule has 1 fully saturated rings. The SMILES string of the molecule is O=C1C(=O)N(c2nc3ccccc3s2)[C@H](c2ccc(F)cc2)C1=C(O)c1ccc(Cl)cc1. The third-order valence-corrected chi connectivity index (χ3v) is 6.52. The van der Waals surface area contributed by atoms with Crippen LogP contribution in [0.2, 0.25) is 5.02 Å². The maximum Gasteiger partial charge on any atom is 0.301 e. The molecule has 158 valence electrons. The van der Waals surface area contributed by atoms with E-state index in [0.29, 0.717) is 26.8 Å². The number of Topliss-reactive ketones (excluding diaryl/α,β-unsaturated/α-hetero) is 1. The lowest BCUT2D eigenvalue weighted by Gasteiger charge is -2.23. The Hall–Kier alpha value is -3.55. The molecule has 5 nitrogen and oxygen atoms in total. The largest absolute Gasteiger partial charge is 0.507 e. The Morgan fingerprint density at radius 2 is 1.69 bits per heavy atom. The topological polar surface area (TPSA) is 70.5 Å². The van der Waals surface area contributed by atoms with Gasteiger partial charge in [0.25, 0.3) is 5.78 Å². The summed E-state index contributed by atoms with van der Waals surface area (Å²) in [5.74, 6) is -2.44. The summed E-state index contributed by atoms with van der Waals surface area (Å²) in [5, 5.41) is 11.8. The van der Waals surface area contributed by atoms with E-state index in [0.717, 1.165) is 4.70 Å². The first-order chi connectivity index (χ1) is 15.4. The van der Waals surface area contributed by atoms with Gasteiger partial charge in [-0.25, -0.2) is 9.37 Å². The van der Waals surface area contributed by atoms with Gasteiger partial charge in [0.05, 0.1) is 21.8 Å². The summed E-state index contributed by atoms with van der Waals surface area (Å²) in [6.07, 6.45) is 0. The molecule has 1 amide bonds. The number of hydrogen-bond donors (Lipinski definition) is 1. The van der Waals surface area contributed by atoms with Crippen molar-refractivity contribution >= 4 is 55.7 Å². The number of ketones is 1. The second kappa shape index (κ2) is 7.85. The molecule has 2 heterocycles. The molecule has 0 radical (unpaired) electrons. The Labute approximate surface area is 191 Å². The number of benzene rings is 3. The van der Waals surface area contributed by atoms with Gasteiger partial charge < -0.3 is 5.11 Å². The quantitative estimate of drug-likeness (QED) is 0.239. The van der Waals surface area contributed by atoms with Gasteiger partial charge in [0.2, 0.25) is 0 Å². The monoisotopic (exact) mass is 464 g/mol. The molecule has 0 unspecified atom stereocenters. The van der Waals surface area contributed by atoms with Gasteiger partial charge in [-0.1, -0.05) is 47.2 Å². The van der Waals surface area contributed by atoms with E-state index in [4.69, 9.17) is 11.6 Å². The van der Waals surface area contributed by atoms with Gasteiger partial charge in [-0.05, 0) is 54.1 Å². The number of anilines is 1. The van der Waals surface area contributed by atoms with Gasteiger partial charge >= 0.3 is 5.91 Å². The zero-order valence-electron chi connectivity index (χ0n) is 16.3. The molecule has 1 aliphatic rings. The summed E-state index contributed by atoms with van der Waals surface area (Å²) in [6, 6.07) is 18.1. The summed E-state index contributed by atoms with van der Waals surface area (Å²) in [7, 11) is 0. The lowest BCUT2D eigenvalue weighted by atomic mass is 9.95. The number of nitrogens with zero attached hydrogens (tertiary/aromatic N) is 2. The first-order valence-corrected chi connectivity index (χ1v) is 10.8. The number of aromatic nitrogens is 1. The van der Waals surface area contributed by atoms with Gasteiger partial charge in [-0.2, -0.15) is 0 Å². The first-order valence-electron chi connectivity index (χ1n) is 9.62. The van der Waals surface area contributed by atoms with E-state index in [1.165, 1.54) is 40.5 Å². The number of fused-ring (bicyclic) bond motifs is 1. The number of hydrogen-bond acceptors (Lipinski definition) is 5. The summed E-state index contributed by atoms with van der Waals surface area (Å²) in [5.41, 5.74) is 1.40. The lowest BCUT2D eigenvalue weighted by Crippen LogP contribution is -2.29. The minimum atomic E-state index is -0.966. The Kier molecular flexibility index (Phi) is 5.00. The fraction of sp³-hybridized carbons (Fsp3) is 0.0417. The number of amides is 1. The molecule has 4 aromatic rings. The number of carbonyl (C=O) groups excluding carboxylic acids is 2. The fourth-order valence-corrected chi connectivity index (χ4v) is 4.83. The average Bonchev–Trinajstić information content (AvgIpc) is 3.33. The van der Waals surface area contributed by atoms with Crippen molar-refractivity contribution in [3.63, 3.8) is 0 Å². The van der Waals surface area contributed by atoms with Crippen molar-refractivity contribution in [3.8, 4) is 0 Å². The molecule has 1 atom stereocenters. The molecule has 1 saturated heterocycles. The van der Waals surface area contributed by atoms with Gasteiger partial charge in [-0.3, -0.25) is 14.5 Å². The molecule has 0 aliphatic carbocycles. The van der Waals surface area contributed by atoms with Crippen molar-refractivity contribution in [3.05, 3.63) is 100 Å². The molecule has 1 N–H and O–H groups in total. The lowest BCUT2D eigenvalue weighted by molar-refractivity contribution is -0.132. The Morgan fingerprint density at radius 3 is 2.38 bits per heavy atom. The van der Waals surface area contributed by atoms with E-state index >= 15 is 0 Å². The van der Waals surface area contributed by atoms with Crippen LogP contribution in [0.3, 0.4) is 0 Å². The smallest absolute Gasteiger partial charge is 0.301 e. The minimum Gasteiger partial charge on any atom is -0.507 e. The molecule has 1 aliphatic heterocycles. The number of aliphatic hydroxyl groups is 1. The zero-order valence-corrected chi connectivity index (χ0v) is 17.9. The molecule has 5 rings (SSSR count). The van der Waals surface area contributed by atoms with Crippen molar-refractivity contribution < 1.29 is 19.1 Å². The van der Waals surface area contributed by atoms with Gasteiger partial charge in [0, 0.05) is 10.6 Å². The van der Waals surface area contributed by atoms with Crippen LogP contribution in [0.4, 0.5) is 9.52 Å². The Balaban J connectivity index is 1.73. The predicted octanol–water partition coefficient (Wildman–Crippen LogP) is 5.72. The second-order valence-corrected chi connectivity index (χ2v) is 8.64. The molecule has 8 heteroatoms. The van der Waals surface area contributed by atoms with Crippen molar-refractivity contribution in [2.24, 2.45) is 0 Å². The fourth-order valence-electron chi connectivity index (χ4n) is 3.72. The van der Waals surface area contributed by atoms with E-state index in [2.05, 4.69) is 4.98 Å². The first kappa shape index (κ1) is 20.4. The normalized spacial score (nSPS) is 17.9. The van der Waals surface area contributed by atoms with Gasteiger partial charge in [0.1, 0.15) is 11.6 Å². The maximum atomic E-state index is 13.6. The van der Waals surface area contributed by atoms with Crippen molar-refractivity contribution in [2.45, 2.75) is 6.04 Å². The van der Waals surface area contributed by atoms with E-state index in [9.17, 15) is 19.1 Å². The highest BCUT2D eigenvalue weighted by Crippen LogP contribution is 2.44. The van der Waals surface area contributed by atoms with Crippen LogP contribution in [0.25, 0.3) is 16.0 Å². The molecular weight excluding hydrogens is 451 g/mol. The van der Waals surface area contributed by atoms with Crippen LogP contribution in [0.5, 0.6) is 0 Å². The van der Waals surface area contributed by atoms with Gasteiger partial charge in [0.15, 0.2) is 5.13 Å². The van der Waals surface area contributed by atoms with E-state index in [-0.39, 0.29) is 11.3 Å².